The largest absolute Gasteiger partial charge is 0.0839 e. The number of hydrogen-bond acceptors (Lipinski definition) is 0. The van der Waals surface area contributed by atoms with E-state index in [1.54, 1.807) is 27.9 Å². The number of hydrogen-bond donors (Lipinski definition) is 0. The van der Waals surface area contributed by atoms with Gasteiger partial charge in [0, 0.05) is 0 Å². The average Bonchev–Trinajstić information content (AvgIpc) is 2.29. The molecule has 0 atom stereocenters. The van der Waals surface area contributed by atoms with E-state index in [4.69, 9.17) is 0 Å². The van der Waals surface area contributed by atoms with Crippen LogP contribution in [0.1, 0.15) is 45.4 Å². The molecule has 0 bridgehead atoms. The third kappa shape index (κ3) is 1.43. The molecule has 0 aromatic carbocycles. The second-order valence-corrected chi connectivity index (χ2v) is 4.83. The summed E-state index contributed by atoms with van der Waals surface area (Å²) in [7, 11) is 0. The van der Waals surface area contributed by atoms with E-state index in [1.807, 2.05) is 0 Å². The summed E-state index contributed by atoms with van der Waals surface area (Å²) < 4.78 is 0. The van der Waals surface area contributed by atoms with E-state index in [1.165, 1.54) is 38.5 Å². The summed E-state index contributed by atoms with van der Waals surface area (Å²) in [5.41, 5.74) is 8.27. The number of allylic oxidation sites excluding steroid dienone is 8. The predicted molar refractivity (Wildman–Crippen MR) is 64.7 cm³/mol. The van der Waals surface area contributed by atoms with E-state index < -0.39 is 0 Å². The highest BCUT2D eigenvalue weighted by Crippen LogP contribution is 2.42. The van der Waals surface area contributed by atoms with Crippen molar-refractivity contribution in [1.29, 1.82) is 0 Å². The van der Waals surface area contributed by atoms with Gasteiger partial charge in [0.1, 0.15) is 0 Å². The van der Waals surface area contributed by atoms with Gasteiger partial charge in [0.15, 0.2) is 0 Å². The van der Waals surface area contributed by atoms with Crippen LogP contribution in [0.2, 0.25) is 0 Å². The molecule has 0 heteroatoms. The van der Waals surface area contributed by atoms with Gasteiger partial charge in [-0.2, -0.15) is 0 Å². The molecule has 3 aliphatic carbocycles. The Bertz CT molecular complexity index is 413. The lowest BCUT2D eigenvalue weighted by atomic mass is 9.75. The molecule has 0 nitrogen and oxygen atoms in total. The van der Waals surface area contributed by atoms with Gasteiger partial charge in [-0.25, -0.2) is 0 Å². The molecule has 0 aromatic heterocycles. The third-order valence-corrected chi connectivity index (χ3v) is 3.96. The van der Waals surface area contributed by atoms with E-state index in [0.717, 1.165) is 0 Å². The van der Waals surface area contributed by atoms with Crippen LogP contribution in [0.25, 0.3) is 0 Å². The maximum Gasteiger partial charge on any atom is -0.0233 e. The van der Waals surface area contributed by atoms with Gasteiger partial charge in [-0.05, 0) is 67.7 Å². The third-order valence-electron chi connectivity index (χ3n) is 3.96. The van der Waals surface area contributed by atoms with Gasteiger partial charge >= 0.3 is 0 Å². The molecule has 0 radical (unpaired) electrons. The van der Waals surface area contributed by atoms with Crippen molar-refractivity contribution >= 4 is 0 Å². The fourth-order valence-corrected chi connectivity index (χ4v) is 3.18. The highest BCUT2D eigenvalue weighted by molar-refractivity contribution is 5.54. The Labute approximate surface area is 92.1 Å². The Morgan fingerprint density at radius 3 is 2.67 bits per heavy atom. The predicted octanol–water partition coefficient (Wildman–Crippen LogP) is 4.46. The molecule has 78 valence electrons. The molecule has 0 unspecified atom stereocenters. The molecular weight excluding hydrogens is 180 g/mol. The quantitative estimate of drug-likeness (QED) is 0.539. The van der Waals surface area contributed by atoms with E-state index in [9.17, 15) is 0 Å². The first-order valence-electron chi connectivity index (χ1n) is 6.14. The Morgan fingerprint density at radius 1 is 0.867 bits per heavy atom. The topological polar surface area (TPSA) is 0 Å². The standard InChI is InChI=1S/C15H18/c1-11-5-4-8-15-13(11)10-9-12-6-2-3-7-14(12)15/h2,5-6H,3-4,7-10H2,1H3. The van der Waals surface area contributed by atoms with Gasteiger partial charge in [0.2, 0.25) is 0 Å². The van der Waals surface area contributed by atoms with Crippen LogP contribution in [0.5, 0.6) is 0 Å². The fraction of sp³-hybridized carbons (Fsp3) is 0.467. The Morgan fingerprint density at radius 2 is 1.73 bits per heavy atom. The van der Waals surface area contributed by atoms with Gasteiger partial charge < -0.3 is 0 Å². The van der Waals surface area contributed by atoms with Crippen LogP contribution in [0, 0.1) is 0 Å². The van der Waals surface area contributed by atoms with Crippen molar-refractivity contribution in [3.8, 4) is 0 Å². The van der Waals surface area contributed by atoms with Crippen molar-refractivity contribution in [3.63, 3.8) is 0 Å². The van der Waals surface area contributed by atoms with Gasteiger partial charge in [-0.1, -0.05) is 23.8 Å². The van der Waals surface area contributed by atoms with Crippen molar-refractivity contribution < 1.29 is 0 Å². The van der Waals surface area contributed by atoms with Gasteiger partial charge in [0.25, 0.3) is 0 Å². The first kappa shape index (κ1) is 9.21. The van der Waals surface area contributed by atoms with Crippen molar-refractivity contribution in [3.05, 3.63) is 46.1 Å². The second kappa shape index (κ2) is 3.52. The minimum absolute atomic E-state index is 1.25. The summed E-state index contributed by atoms with van der Waals surface area (Å²) in [6, 6.07) is 0. The van der Waals surface area contributed by atoms with Gasteiger partial charge in [-0.15, -0.1) is 0 Å². The zero-order valence-corrected chi connectivity index (χ0v) is 9.47. The molecule has 0 amide bonds. The van der Waals surface area contributed by atoms with Crippen LogP contribution in [-0.2, 0) is 0 Å². The molecule has 0 saturated carbocycles. The molecule has 0 N–H and O–H groups in total. The molecule has 3 rings (SSSR count). The zero-order valence-electron chi connectivity index (χ0n) is 9.47. The van der Waals surface area contributed by atoms with E-state index >= 15 is 0 Å². The van der Waals surface area contributed by atoms with Crippen molar-refractivity contribution in [2.75, 3.05) is 0 Å². The SMILES string of the molecule is CC1=CCCC2=C1CCC1=C2CCC=C1. The zero-order chi connectivity index (χ0) is 10.3. The maximum atomic E-state index is 2.42. The molecule has 0 aliphatic heterocycles. The maximum absolute atomic E-state index is 2.42. The summed E-state index contributed by atoms with van der Waals surface area (Å²) in [4.78, 5) is 0. The summed E-state index contributed by atoms with van der Waals surface area (Å²) >= 11 is 0. The van der Waals surface area contributed by atoms with E-state index in [-0.39, 0.29) is 0 Å². The molecular formula is C15H18. The average molecular weight is 198 g/mol. The van der Waals surface area contributed by atoms with Crippen molar-refractivity contribution in [2.45, 2.75) is 45.4 Å². The lowest BCUT2D eigenvalue weighted by molar-refractivity contribution is 0.777. The summed E-state index contributed by atoms with van der Waals surface area (Å²) in [6.07, 6.45) is 14.8. The fourth-order valence-electron chi connectivity index (χ4n) is 3.18. The van der Waals surface area contributed by atoms with Crippen molar-refractivity contribution in [1.82, 2.24) is 0 Å². The molecule has 0 aromatic rings. The molecule has 3 aliphatic rings. The van der Waals surface area contributed by atoms with Crippen molar-refractivity contribution in [2.24, 2.45) is 0 Å². The van der Waals surface area contributed by atoms with Crippen LogP contribution < -0.4 is 0 Å². The molecule has 0 spiro atoms. The molecule has 0 fully saturated rings. The van der Waals surface area contributed by atoms with Gasteiger partial charge in [-0.3, -0.25) is 0 Å². The van der Waals surface area contributed by atoms with Crippen LogP contribution in [0.15, 0.2) is 46.1 Å². The van der Waals surface area contributed by atoms with E-state index in [0.29, 0.717) is 0 Å². The highest BCUT2D eigenvalue weighted by atomic mass is 14.3. The Kier molecular flexibility index (Phi) is 2.16. The Hall–Kier alpha value is -1.04. The minimum atomic E-state index is 1.25. The summed E-state index contributed by atoms with van der Waals surface area (Å²) in [5.74, 6) is 0. The normalized spacial score (nSPS) is 25.0. The molecule has 0 saturated heterocycles. The molecule has 0 heterocycles. The Balaban J connectivity index is 2.09. The van der Waals surface area contributed by atoms with Crippen LogP contribution >= 0.6 is 0 Å². The van der Waals surface area contributed by atoms with Crippen LogP contribution in [-0.4, -0.2) is 0 Å². The van der Waals surface area contributed by atoms with Crippen LogP contribution in [0.4, 0.5) is 0 Å². The smallest absolute Gasteiger partial charge is 0.0233 e. The summed E-state index contributed by atoms with van der Waals surface area (Å²) in [5, 5.41) is 0. The van der Waals surface area contributed by atoms with Gasteiger partial charge in [0.05, 0.1) is 0 Å². The number of rotatable bonds is 0. The lowest BCUT2D eigenvalue weighted by Crippen LogP contribution is -2.11. The number of fused-ring (bicyclic) bond motifs is 1. The molecule has 15 heavy (non-hydrogen) atoms. The monoisotopic (exact) mass is 198 g/mol. The minimum Gasteiger partial charge on any atom is -0.0839 e. The highest BCUT2D eigenvalue weighted by Gasteiger charge is 2.23. The van der Waals surface area contributed by atoms with Crippen LogP contribution in [0.3, 0.4) is 0 Å². The second-order valence-electron chi connectivity index (χ2n) is 4.83. The lowest BCUT2D eigenvalue weighted by Gasteiger charge is -2.30. The first-order chi connectivity index (χ1) is 7.36. The summed E-state index contributed by atoms with van der Waals surface area (Å²) in [6.45, 7) is 2.29. The first-order valence-corrected chi connectivity index (χ1v) is 6.14. The van der Waals surface area contributed by atoms with E-state index in [2.05, 4.69) is 25.2 Å².